The zero-order valence-corrected chi connectivity index (χ0v) is 8.43. The van der Waals surface area contributed by atoms with Gasteiger partial charge in [0.25, 0.3) is 0 Å². The van der Waals surface area contributed by atoms with Crippen LogP contribution in [-0.4, -0.2) is 6.61 Å². The lowest BCUT2D eigenvalue weighted by molar-refractivity contribution is 0.366. The first kappa shape index (κ1) is 10.4. The second-order valence-corrected chi connectivity index (χ2v) is 3.52. The molecule has 13 heavy (non-hydrogen) atoms. The quantitative estimate of drug-likeness (QED) is 0.388. The summed E-state index contributed by atoms with van der Waals surface area (Å²) in [6.45, 7) is 4.44. The second-order valence-electron chi connectivity index (χ2n) is 2.65. The summed E-state index contributed by atoms with van der Waals surface area (Å²) in [5.74, 6) is 0. The van der Waals surface area contributed by atoms with Crippen molar-refractivity contribution in [2.75, 3.05) is 6.61 Å². The van der Waals surface area contributed by atoms with E-state index >= 15 is 0 Å². The lowest BCUT2D eigenvalue weighted by Crippen LogP contribution is -1.84. The molecule has 0 heterocycles. The fraction of sp³-hybridized carbons (Fsp3) is 0.273. The van der Waals surface area contributed by atoms with Crippen molar-refractivity contribution < 1.29 is 4.18 Å². The Bertz CT molecular complexity index is 233. The minimum absolute atomic E-state index is 0.783. The van der Waals surface area contributed by atoms with Crippen molar-refractivity contribution >= 4 is 12.0 Å². The van der Waals surface area contributed by atoms with Gasteiger partial charge in [0, 0.05) is 16.9 Å². The monoisotopic (exact) mass is 194 g/mol. The molecular weight excluding hydrogens is 180 g/mol. The first-order valence-corrected chi connectivity index (χ1v) is 5.13. The molecule has 0 aromatic heterocycles. The molecule has 0 aliphatic heterocycles. The Hall–Kier alpha value is -0.730. The van der Waals surface area contributed by atoms with Gasteiger partial charge >= 0.3 is 0 Å². The van der Waals surface area contributed by atoms with E-state index in [0.29, 0.717) is 0 Å². The molecule has 1 rings (SSSR count). The van der Waals surface area contributed by atoms with Gasteiger partial charge in [-0.15, -0.1) is 6.58 Å². The highest BCUT2D eigenvalue weighted by Crippen LogP contribution is 2.18. The van der Waals surface area contributed by atoms with Gasteiger partial charge in [0.05, 0.1) is 6.61 Å². The maximum atomic E-state index is 5.39. The van der Waals surface area contributed by atoms with E-state index < -0.39 is 0 Å². The molecule has 0 bridgehead atoms. The Balaban J connectivity index is 2.10. The predicted octanol–water partition coefficient (Wildman–Crippen LogP) is 3.68. The summed E-state index contributed by atoms with van der Waals surface area (Å²) in [7, 11) is 0. The lowest BCUT2D eigenvalue weighted by atomic mass is 10.3. The smallest absolute Gasteiger partial charge is 0.0621 e. The first-order chi connectivity index (χ1) is 6.43. The minimum Gasteiger partial charge on any atom is -0.310 e. The zero-order chi connectivity index (χ0) is 9.36. The van der Waals surface area contributed by atoms with E-state index in [1.54, 1.807) is 0 Å². The molecule has 0 spiro atoms. The van der Waals surface area contributed by atoms with Crippen molar-refractivity contribution in [1.29, 1.82) is 0 Å². The van der Waals surface area contributed by atoms with Crippen LogP contribution in [0.3, 0.4) is 0 Å². The molecule has 1 nitrogen and oxygen atoms in total. The maximum absolute atomic E-state index is 5.39. The van der Waals surface area contributed by atoms with Crippen molar-refractivity contribution in [3.05, 3.63) is 43.0 Å². The minimum atomic E-state index is 0.783. The third-order valence-electron chi connectivity index (χ3n) is 1.53. The summed E-state index contributed by atoms with van der Waals surface area (Å²) < 4.78 is 5.39. The van der Waals surface area contributed by atoms with Crippen molar-refractivity contribution in [2.24, 2.45) is 0 Å². The third kappa shape index (κ3) is 4.76. The predicted molar refractivity (Wildman–Crippen MR) is 57.7 cm³/mol. The van der Waals surface area contributed by atoms with Crippen LogP contribution in [0.5, 0.6) is 0 Å². The molecule has 0 saturated heterocycles. The number of allylic oxidation sites excluding steroid dienone is 1. The van der Waals surface area contributed by atoms with Crippen molar-refractivity contribution in [2.45, 2.75) is 17.7 Å². The van der Waals surface area contributed by atoms with Gasteiger partial charge in [-0.1, -0.05) is 24.3 Å². The largest absolute Gasteiger partial charge is 0.310 e. The van der Waals surface area contributed by atoms with Gasteiger partial charge in [-0.05, 0) is 25.0 Å². The van der Waals surface area contributed by atoms with Gasteiger partial charge in [-0.2, -0.15) is 0 Å². The number of hydrogen-bond donors (Lipinski definition) is 0. The molecule has 0 amide bonds. The molecule has 1 aromatic rings. The third-order valence-corrected chi connectivity index (χ3v) is 2.28. The Morgan fingerprint density at radius 1 is 1.31 bits per heavy atom. The van der Waals surface area contributed by atoms with E-state index in [9.17, 15) is 0 Å². The van der Waals surface area contributed by atoms with Gasteiger partial charge in [-0.3, -0.25) is 0 Å². The number of unbranched alkanes of at least 4 members (excludes halogenated alkanes) is 1. The molecule has 0 atom stereocenters. The van der Waals surface area contributed by atoms with Crippen LogP contribution in [0.4, 0.5) is 0 Å². The lowest BCUT2D eigenvalue weighted by Gasteiger charge is -2.00. The number of hydrogen-bond acceptors (Lipinski definition) is 2. The molecule has 0 N–H and O–H groups in total. The Kier molecular flexibility index (Phi) is 5.38. The first-order valence-electron chi connectivity index (χ1n) is 4.39. The summed E-state index contributed by atoms with van der Waals surface area (Å²) in [4.78, 5) is 1.15. The maximum Gasteiger partial charge on any atom is 0.0621 e. The molecule has 0 aliphatic rings. The SMILES string of the molecule is C=CCCCOSc1ccccc1. The van der Waals surface area contributed by atoms with Crippen LogP contribution in [0, 0.1) is 0 Å². The van der Waals surface area contributed by atoms with Crippen molar-refractivity contribution in [3.63, 3.8) is 0 Å². The molecule has 0 unspecified atom stereocenters. The number of rotatable bonds is 6. The van der Waals surface area contributed by atoms with E-state index in [2.05, 4.69) is 6.58 Å². The molecule has 2 heteroatoms. The van der Waals surface area contributed by atoms with E-state index in [1.165, 1.54) is 12.0 Å². The Labute approximate surface area is 84.0 Å². The van der Waals surface area contributed by atoms with Crippen LogP contribution in [0.2, 0.25) is 0 Å². The highest BCUT2D eigenvalue weighted by atomic mass is 32.2. The van der Waals surface area contributed by atoms with Gasteiger partial charge in [0.1, 0.15) is 0 Å². The summed E-state index contributed by atoms with van der Waals surface area (Å²) >= 11 is 1.44. The fourth-order valence-electron chi connectivity index (χ4n) is 0.872. The second kappa shape index (κ2) is 6.75. The standard InChI is InChI=1S/C11H14OS/c1-2-3-7-10-12-13-11-8-5-4-6-9-11/h2,4-6,8-9H,1,3,7,10H2. The van der Waals surface area contributed by atoms with Crippen LogP contribution < -0.4 is 0 Å². The van der Waals surface area contributed by atoms with Crippen molar-refractivity contribution in [1.82, 2.24) is 0 Å². The highest BCUT2D eigenvalue weighted by Gasteiger charge is 1.91. The van der Waals surface area contributed by atoms with Gasteiger partial charge < -0.3 is 4.18 Å². The van der Waals surface area contributed by atoms with Crippen LogP contribution in [0.1, 0.15) is 12.8 Å². The van der Waals surface area contributed by atoms with Crippen LogP contribution in [0.15, 0.2) is 47.9 Å². The van der Waals surface area contributed by atoms with Gasteiger partial charge in [-0.25, -0.2) is 0 Å². The molecule has 70 valence electrons. The molecular formula is C11H14OS. The molecule has 0 radical (unpaired) electrons. The van der Waals surface area contributed by atoms with Crippen LogP contribution in [-0.2, 0) is 4.18 Å². The van der Waals surface area contributed by atoms with E-state index in [4.69, 9.17) is 4.18 Å². The molecule has 0 saturated carbocycles. The normalized spacial score (nSPS) is 9.85. The number of benzene rings is 1. The summed E-state index contributed by atoms with van der Waals surface area (Å²) in [6, 6.07) is 10.1. The summed E-state index contributed by atoms with van der Waals surface area (Å²) in [5.41, 5.74) is 0. The van der Waals surface area contributed by atoms with E-state index in [-0.39, 0.29) is 0 Å². The highest BCUT2D eigenvalue weighted by molar-refractivity contribution is 7.94. The average Bonchev–Trinajstić information content (AvgIpc) is 2.19. The molecule has 0 fully saturated rings. The van der Waals surface area contributed by atoms with Crippen molar-refractivity contribution in [3.8, 4) is 0 Å². The van der Waals surface area contributed by atoms with E-state index in [0.717, 1.165) is 24.3 Å². The van der Waals surface area contributed by atoms with Gasteiger partial charge in [0.2, 0.25) is 0 Å². The van der Waals surface area contributed by atoms with Crippen LogP contribution >= 0.6 is 12.0 Å². The zero-order valence-electron chi connectivity index (χ0n) is 7.61. The van der Waals surface area contributed by atoms with Crippen LogP contribution in [0.25, 0.3) is 0 Å². The van der Waals surface area contributed by atoms with E-state index in [1.807, 2.05) is 36.4 Å². The molecule has 0 aliphatic carbocycles. The average molecular weight is 194 g/mol. The Morgan fingerprint density at radius 2 is 2.08 bits per heavy atom. The van der Waals surface area contributed by atoms with Gasteiger partial charge in [0.15, 0.2) is 0 Å². The summed E-state index contributed by atoms with van der Waals surface area (Å²) in [5, 5.41) is 0. The Morgan fingerprint density at radius 3 is 2.77 bits per heavy atom. The topological polar surface area (TPSA) is 9.23 Å². The fourth-order valence-corrected chi connectivity index (χ4v) is 1.48. The summed E-state index contributed by atoms with van der Waals surface area (Å²) in [6.07, 6.45) is 3.98. The molecule has 1 aromatic carbocycles.